The zero-order valence-electron chi connectivity index (χ0n) is 25.1. The van der Waals surface area contributed by atoms with Gasteiger partial charge in [-0.1, -0.05) is 152 Å². The fourth-order valence-corrected chi connectivity index (χ4v) is 6.85. The van der Waals surface area contributed by atoms with Crippen LogP contribution in [0.1, 0.15) is 0 Å². The Morgan fingerprint density at radius 1 is 0.283 bits per heavy atom. The van der Waals surface area contributed by atoms with Gasteiger partial charge in [0.25, 0.3) is 0 Å². The van der Waals surface area contributed by atoms with E-state index in [9.17, 15) is 0 Å². The number of hydrogen-bond acceptors (Lipinski definition) is 2. The topological polar surface area (TPSA) is 25.8 Å². The summed E-state index contributed by atoms with van der Waals surface area (Å²) in [4.78, 5) is 10.9. The molecular weight excluding hydrogens is 556 g/mol. The van der Waals surface area contributed by atoms with Gasteiger partial charge in [-0.05, 0) is 62.0 Å². The van der Waals surface area contributed by atoms with Crippen LogP contribution in [0.2, 0.25) is 0 Å². The SMILES string of the molecule is c1ccc(-c2cc(-c3ccccc3)c3ccc4c(-c5ccccc5)cc(-c5cc6ccccc6c6ccccc56)nc4c3n2)cc1. The highest BCUT2D eigenvalue weighted by Crippen LogP contribution is 2.41. The Balaban J connectivity index is 1.43. The lowest BCUT2D eigenvalue weighted by molar-refractivity contribution is 1.37. The van der Waals surface area contributed by atoms with E-state index in [0.29, 0.717) is 0 Å². The monoisotopic (exact) mass is 584 g/mol. The highest BCUT2D eigenvalue weighted by molar-refractivity contribution is 6.16. The van der Waals surface area contributed by atoms with Crippen LogP contribution >= 0.6 is 0 Å². The van der Waals surface area contributed by atoms with Crippen LogP contribution in [-0.4, -0.2) is 9.97 Å². The Morgan fingerprint density at radius 2 is 0.739 bits per heavy atom. The number of hydrogen-bond donors (Lipinski definition) is 0. The molecule has 0 aliphatic heterocycles. The van der Waals surface area contributed by atoms with Gasteiger partial charge >= 0.3 is 0 Å². The quantitative estimate of drug-likeness (QED) is 0.192. The minimum atomic E-state index is 0.904. The van der Waals surface area contributed by atoms with E-state index >= 15 is 0 Å². The molecule has 0 spiro atoms. The highest BCUT2D eigenvalue weighted by atomic mass is 14.8. The molecule has 0 radical (unpaired) electrons. The average Bonchev–Trinajstić information content (AvgIpc) is 3.14. The molecule has 214 valence electrons. The van der Waals surface area contributed by atoms with Gasteiger partial charge in [0.05, 0.1) is 22.4 Å². The van der Waals surface area contributed by atoms with Crippen LogP contribution in [0.25, 0.3) is 88.1 Å². The number of nitrogens with zero attached hydrogens (tertiary/aromatic N) is 2. The first-order valence-corrected chi connectivity index (χ1v) is 15.7. The summed E-state index contributed by atoms with van der Waals surface area (Å²) >= 11 is 0. The molecule has 0 saturated heterocycles. The molecule has 7 aromatic carbocycles. The maximum atomic E-state index is 5.52. The molecule has 46 heavy (non-hydrogen) atoms. The molecule has 0 fully saturated rings. The molecule has 0 aliphatic carbocycles. The average molecular weight is 585 g/mol. The van der Waals surface area contributed by atoms with Crippen LogP contribution in [0, 0.1) is 0 Å². The number of rotatable bonds is 4. The summed E-state index contributed by atoms with van der Waals surface area (Å²) in [6.07, 6.45) is 0. The molecule has 0 N–H and O–H groups in total. The van der Waals surface area contributed by atoms with E-state index in [0.717, 1.165) is 66.6 Å². The molecule has 2 aromatic heterocycles. The summed E-state index contributed by atoms with van der Waals surface area (Å²) in [5, 5.41) is 7.04. The van der Waals surface area contributed by atoms with Crippen LogP contribution in [0.5, 0.6) is 0 Å². The van der Waals surface area contributed by atoms with E-state index in [-0.39, 0.29) is 0 Å². The minimum Gasteiger partial charge on any atom is -0.245 e. The first kappa shape index (κ1) is 26.3. The third-order valence-electron chi connectivity index (χ3n) is 9.04. The van der Waals surface area contributed by atoms with Gasteiger partial charge in [0.1, 0.15) is 0 Å². The minimum absolute atomic E-state index is 0.904. The molecule has 9 aromatic rings. The molecule has 2 nitrogen and oxygen atoms in total. The number of benzene rings is 7. The van der Waals surface area contributed by atoms with Crippen molar-refractivity contribution in [2.45, 2.75) is 0 Å². The van der Waals surface area contributed by atoms with E-state index in [1.165, 1.54) is 21.5 Å². The Hall–Kier alpha value is -6.12. The van der Waals surface area contributed by atoms with E-state index in [4.69, 9.17) is 9.97 Å². The second-order valence-corrected chi connectivity index (χ2v) is 11.8. The van der Waals surface area contributed by atoms with Crippen molar-refractivity contribution in [2.75, 3.05) is 0 Å². The van der Waals surface area contributed by atoms with Crippen LogP contribution < -0.4 is 0 Å². The van der Waals surface area contributed by atoms with E-state index in [1.807, 2.05) is 6.07 Å². The Kier molecular flexibility index (Phi) is 6.17. The maximum absolute atomic E-state index is 5.52. The molecule has 0 unspecified atom stereocenters. The van der Waals surface area contributed by atoms with Gasteiger partial charge in [0, 0.05) is 21.9 Å². The molecule has 0 aliphatic rings. The van der Waals surface area contributed by atoms with E-state index < -0.39 is 0 Å². The maximum Gasteiger partial charge on any atom is 0.0978 e. The third kappa shape index (κ3) is 4.35. The first-order chi connectivity index (χ1) is 22.8. The van der Waals surface area contributed by atoms with Gasteiger partial charge in [0.15, 0.2) is 0 Å². The molecule has 2 heteroatoms. The summed E-state index contributed by atoms with van der Waals surface area (Å²) < 4.78 is 0. The van der Waals surface area contributed by atoms with Crippen molar-refractivity contribution in [2.24, 2.45) is 0 Å². The Bertz CT molecular complexity index is 2560. The van der Waals surface area contributed by atoms with Gasteiger partial charge < -0.3 is 0 Å². The largest absolute Gasteiger partial charge is 0.245 e. The summed E-state index contributed by atoms with van der Waals surface area (Å²) in [6.45, 7) is 0. The van der Waals surface area contributed by atoms with Crippen molar-refractivity contribution >= 4 is 43.4 Å². The summed E-state index contributed by atoms with van der Waals surface area (Å²) in [5.74, 6) is 0. The van der Waals surface area contributed by atoms with Gasteiger partial charge in [-0.25, -0.2) is 9.97 Å². The van der Waals surface area contributed by atoms with E-state index in [1.54, 1.807) is 0 Å². The number of pyridine rings is 2. The second kappa shape index (κ2) is 10.8. The predicted molar refractivity (Wildman–Crippen MR) is 194 cm³/mol. The zero-order chi connectivity index (χ0) is 30.5. The molecular formula is C44H28N2. The van der Waals surface area contributed by atoms with Gasteiger partial charge in [0.2, 0.25) is 0 Å². The normalized spacial score (nSPS) is 11.5. The number of aromatic nitrogens is 2. The van der Waals surface area contributed by atoms with Crippen LogP contribution in [0.4, 0.5) is 0 Å². The van der Waals surface area contributed by atoms with Crippen LogP contribution in [0.15, 0.2) is 170 Å². The fraction of sp³-hybridized carbons (Fsp3) is 0. The molecule has 0 saturated carbocycles. The van der Waals surface area contributed by atoms with Crippen LogP contribution in [0.3, 0.4) is 0 Å². The lowest BCUT2D eigenvalue weighted by Gasteiger charge is -2.16. The fourth-order valence-electron chi connectivity index (χ4n) is 6.85. The Labute approximate surface area is 267 Å². The van der Waals surface area contributed by atoms with Crippen molar-refractivity contribution in [1.29, 1.82) is 0 Å². The standard InChI is InChI=1S/C44H28N2/c1-4-14-29(15-5-1)38-27-41(31-18-8-3-9-19-31)45-43-36(38)24-25-37-39(30-16-6-2-7-17-30)28-42(46-44(37)43)40-26-32-20-10-11-21-33(32)34-22-12-13-23-35(34)40/h1-28H. The molecule has 2 heterocycles. The van der Waals surface area contributed by atoms with Crippen molar-refractivity contribution in [3.8, 4) is 44.8 Å². The van der Waals surface area contributed by atoms with Crippen molar-refractivity contribution < 1.29 is 0 Å². The van der Waals surface area contributed by atoms with Crippen LogP contribution in [-0.2, 0) is 0 Å². The van der Waals surface area contributed by atoms with Gasteiger partial charge in [-0.2, -0.15) is 0 Å². The van der Waals surface area contributed by atoms with Gasteiger partial charge in [-0.15, -0.1) is 0 Å². The van der Waals surface area contributed by atoms with Crippen molar-refractivity contribution in [3.05, 3.63) is 170 Å². The smallest absolute Gasteiger partial charge is 0.0978 e. The lowest BCUT2D eigenvalue weighted by Crippen LogP contribution is -1.96. The summed E-state index contributed by atoms with van der Waals surface area (Å²) in [7, 11) is 0. The number of fused-ring (bicyclic) bond motifs is 6. The van der Waals surface area contributed by atoms with E-state index in [2.05, 4.69) is 164 Å². The summed E-state index contributed by atoms with van der Waals surface area (Å²) in [5.41, 5.74) is 10.5. The Morgan fingerprint density at radius 3 is 1.35 bits per heavy atom. The predicted octanol–water partition coefficient (Wildman–Crippen LogP) is 11.8. The molecule has 0 atom stereocenters. The van der Waals surface area contributed by atoms with Gasteiger partial charge in [-0.3, -0.25) is 0 Å². The zero-order valence-corrected chi connectivity index (χ0v) is 25.1. The summed E-state index contributed by atoms with van der Waals surface area (Å²) in [6, 6.07) is 60.2. The molecule has 0 amide bonds. The third-order valence-corrected chi connectivity index (χ3v) is 9.04. The highest BCUT2D eigenvalue weighted by Gasteiger charge is 2.18. The second-order valence-electron chi connectivity index (χ2n) is 11.8. The lowest BCUT2D eigenvalue weighted by atomic mass is 9.92. The molecule has 9 rings (SSSR count). The van der Waals surface area contributed by atoms with Crippen molar-refractivity contribution in [1.82, 2.24) is 9.97 Å². The first-order valence-electron chi connectivity index (χ1n) is 15.7. The van der Waals surface area contributed by atoms with Crippen molar-refractivity contribution in [3.63, 3.8) is 0 Å². The molecule has 0 bridgehead atoms.